The van der Waals surface area contributed by atoms with Gasteiger partial charge < -0.3 is 18.3 Å². The maximum Gasteiger partial charge on any atom is 0.182 e. The van der Waals surface area contributed by atoms with Gasteiger partial charge >= 0.3 is 0 Å². The van der Waals surface area contributed by atoms with Gasteiger partial charge in [-0.15, -0.1) is 0 Å². The Balaban J connectivity index is 0.634. The van der Waals surface area contributed by atoms with Gasteiger partial charge in [0, 0.05) is 97.9 Å². The largest absolute Gasteiger partial charge is 0.309 e. The van der Waals surface area contributed by atoms with Crippen molar-refractivity contribution < 1.29 is 0 Å². The second-order valence-electron chi connectivity index (χ2n) is 38.7. The van der Waals surface area contributed by atoms with Gasteiger partial charge in [0.2, 0.25) is 0 Å². The summed E-state index contributed by atoms with van der Waals surface area (Å²) in [5, 5.41) is 14.0. The van der Waals surface area contributed by atoms with E-state index >= 15 is 0 Å². The van der Waals surface area contributed by atoms with Crippen LogP contribution in [0.2, 0.25) is 0 Å². The Morgan fingerprint density at radius 2 is 0.436 bits per heavy atom. The van der Waals surface area contributed by atoms with Crippen molar-refractivity contribution in [3.63, 3.8) is 0 Å². The predicted molar refractivity (Wildman–Crippen MR) is 555 cm³/mol. The molecule has 3 aliphatic rings. The zero-order chi connectivity index (χ0) is 87.9. The summed E-state index contributed by atoms with van der Waals surface area (Å²) in [5.74, 6) is 1.41. The smallest absolute Gasteiger partial charge is 0.182 e. The van der Waals surface area contributed by atoms with Gasteiger partial charge in [0.05, 0.1) is 77.4 Å². The summed E-state index contributed by atoms with van der Waals surface area (Å²) in [6.45, 7) is 14.2. The van der Waals surface area contributed by atoms with Crippen molar-refractivity contribution >= 4 is 142 Å². The molecule has 29 rings (SSSR count). The molecule has 7 aromatic heterocycles. The Hall–Kier alpha value is -16.7. The molecule has 0 aliphatic heterocycles. The quantitative estimate of drug-likeness (QED) is 0.145. The van der Waals surface area contributed by atoms with Crippen molar-refractivity contribution in [2.75, 3.05) is 0 Å². The van der Waals surface area contributed by atoms with E-state index in [2.05, 4.69) is 469 Å². The summed E-state index contributed by atoms with van der Waals surface area (Å²) in [5.41, 5.74) is 41.5. The fourth-order valence-electron chi connectivity index (χ4n) is 24.5. The SMILES string of the molecule is CC1(C)c2ccccc2-c2ccc(-n3c4ccccc4c4cc(-c5ccc6c7ccccc7n(-c7nc8cccc(-n9c%10ccccc%10c%10ccc(-c%11ccc%12c(c%11)c%11ccccc%11n%12-c%11ccc%12c(c%11)C(C)(C)c%11ccccc%11-%12)cc%109)c8nc7-n7c8ccccc8c8ccc(-c9ccc%10c(c9)c9ccccc9n%10-c9ccc%10c(c9)C(C)(C)c9ccccc9-%10)cc87)c6c5)ccc43)cc21. The number of rotatable bonds is 9. The van der Waals surface area contributed by atoms with Gasteiger partial charge in [0.25, 0.3) is 0 Å². The van der Waals surface area contributed by atoms with E-state index in [-0.39, 0.29) is 16.2 Å². The minimum Gasteiger partial charge on any atom is -0.309 e. The average Bonchev–Trinajstić information content (AvgIpc) is 1.57. The van der Waals surface area contributed by atoms with Gasteiger partial charge in [0.15, 0.2) is 11.6 Å². The molecule has 19 aromatic carbocycles. The third-order valence-electron chi connectivity index (χ3n) is 30.8. The number of para-hydroxylation sites is 7. The van der Waals surface area contributed by atoms with Crippen molar-refractivity contribution in [2.45, 2.75) is 57.8 Å². The Labute approximate surface area is 766 Å². The van der Waals surface area contributed by atoms with E-state index in [9.17, 15) is 0 Å². The minimum absolute atomic E-state index is 0.141. The molecule has 0 N–H and O–H groups in total. The summed E-state index contributed by atoms with van der Waals surface area (Å²) in [4.78, 5) is 12.6. The molecule has 0 saturated heterocycles. The van der Waals surface area contributed by atoms with Crippen LogP contribution in [0.25, 0.3) is 243 Å². The average molecular weight is 1700 g/mol. The van der Waals surface area contributed by atoms with Gasteiger partial charge in [-0.3, -0.25) is 9.13 Å². The number of nitrogens with zero attached hydrogens (tertiary/aromatic N) is 8. The molecule has 0 spiro atoms. The second-order valence-corrected chi connectivity index (χ2v) is 38.7. The van der Waals surface area contributed by atoms with E-state index in [4.69, 9.17) is 9.97 Å². The van der Waals surface area contributed by atoms with Crippen LogP contribution < -0.4 is 0 Å². The molecule has 8 heteroatoms. The topological polar surface area (TPSA) is 55.4 Å². The first-order chi connectivity index (χ1) is 65.2. The van der Waals surface area contributed by atoms with Crippen LogP contribution in [-0.4, -0.2) is 37.4 Å². The zero-order valence-corrected chi connectivity index (χ0v) is 74.2. The van der Waals surface area contributed by atoms with E-state index in [0.717, 1.165) is 144 Å². The van der Waals surface area contributed by atoms with E-state index in [0.29, 0.717) is 11.6 Å². The van der Waals surface area contributed by atoms with Gasteiger partial charge in [-0.1, -0.05) is 302 Å². The highest BCUT2D eigenvalue weighted by atomic mass is 15.2. The molecule has 0 bridgehead atoms. The lowest BCUT2D eigenvalue weighted by Crippen LogP contribution is -2.15. The molecule has 3 aliphatic carbocycles. The highest BCUT2D eigenvalue weighted by molar-refractivity contribution is 6.18. The molecule has 26 aromatic rings. The fraction of sp³-hybridized carbons (Fsp3) is 0.0720. The molecule has 0 atom stereocenters. The Kier molecular flexibility index (Phi) is 14.9. The van der Waals surface area contributed by atoms with Crippen LogP contribution in [-0.2, 0) is 16.2 Å². The van der Waals surface area contributed by atoms with E-state index < -0.39 is 0 Å². The highest BCUT2D eigenvalue weighted by Gasteiger charge is 2.40. The van der Waals surface area contributed by atoms with Crippen LogP contribution in [0.4, 0.5) is 0 Å². The van der Waals surface area contributed by atoms with Crippen molar-refractivity contribution in [3.8, 4) is 101 Å². The number of hydrogen-bond donors (Lipinski definition) is 0. The summed E-state index contributed by atoms with van der Waals surface area (Å²) in [7, 11) is 0. The van der Waals surface area contributed by atoms with Crippen LogP contribution in [0.15, 0.2) is 400 Å². The molecule has 0 unspecified atom stereocenters. The van der Waals surface area contributed by atoms with Gasteiger partial charge in [-0.05, 0) is 240 Å². The Morgan fingerprint density at radius 3 is 0.797 bits per heavy atom. The number of aromatic nitrogens is 8. The highest BCUT2D eigenvalue weighted by Crippen LogP contribution is 2.55. The van der Waals surface area contributed by atoms with E-state index in [1.807, 2.05) is 0 Å². The van der Waals surface area contributed by atoms with E-state index in [1.165, 1.54) is 121 Å². The molecule has 0 amide bonds. The lowest BCUT2D eigenvalue weighted by Gasteiger charge is -2.22. The maximum absolute atomic E-state index is 6.38. The second kappa shape index (κ2) is 26.8. The van der Waals surface area contributed by atoms with Gasteiger partial charge in [0.1, 0.15) is 5.52 Å². The number of benzene rings is 19. The van der Waals surface area contributed by atoms with Gasteiger partial charge in [-0.25, -0.2) is 9.97 Å². The van der Waals surface area contributed by atoms with Crippen molar-refractivity contribution in [1.29, 1.82) is 0 Å². The third-order valence-corrected chi connectivity index (χ3v) is 30.8. The molecule has 133 heavy (non-hydrogen) atoms. The molecule has 624 valence electrons. The minimum atomic E-state index is -0.152. The first kappa shape index (κ1) is 74.3. The van der Waals surface area contributed by atoms with E-state index in [1.54, 1.807) is 0 Å². The Morgan fingerprint density at radius 1 is 0.173 bits per heavy atom. The third kappa shape index (κ3) is 10.2. The monoisotopic (exact) mass is 1700 g/mol. The van der Waals surface area contributed by atoms with Crippen molar-refractivity contribution in [3.05, 3.63) is 434 Å². The molecule has 0 saturated carbocycles. The standard InChI is InChI=1S/C125H84N8/c1-123(2)100-35-16-7-26-82(100)85-58-52-79(70-103(85)123)128-107-39-19-13-32-91(107)97-64-73(49-61-113(97)128)76-46-55-94-88-29-10-22-42-110(88)131(117(94)67-76)116-45-25-38-106-120(116)127-122(133-112-44-24-12-31-90(112)96-57-48-78(69-119(96)133)75-51-63-115-99(66-75)93-34-15-21-41-109(93)130(115)81-54-60-87-84-28-9-18-37-102(84)125(5,6)105(87)72-81)121(126-106)132-111-43-23-11-30-89(111)95-56-47-77(68-118(95)132)74-50-62-114-98(65-74)92-33-14-20-40-108(92)129(114)80-53-59-86-83-27-8-17-36-101(83)124(3,4)104(86)71-80/h7-72H,1-6H3. The lowest BCUT2D eigenvalue weighted by molar-refractivity contribution is 0.660. The van der Waals surface area contributed by atoms with Crippen LogP contribution in [0, 0.1) is 0 Å². The van der Waals surface area contributed by atoms with Crippen LogP contribution in [0.5, 0.6) is 0 Å². The lowest BCUT2D eigenvalue weighted by atomic mass is 9.82. The van der Waals surface area contributed by atoms with Gasteiger partial charge in [-0.2, -0.15) is 0 Å². The fourth-order valence-corrected chi connectivity index (χ4v) is 24.5. The molecular formula is C125H84N8. The first-order valence-corrected chi connectivity index (χ1v) is 46.5. The zero-order valence-electron chi connectivity index (χ0n) is 74.2. The molecule has 8 nitrogen and oxygen atoms in total. The number of hydrogen-bond acceptors (Lipinski definition) is 2. The summed E-state index contributed by atoms with van der Waals surface area (Å²) < 4.78 is 14.7. The van der Waals surface area contributed by atoms with Crippen LogP contribution in [0.1, 0.15) is 74.9 Å². The van der Waals surface area contributed by atoms with Crippen molar-refractivity contribution in [2.24, 2.45) is 0 Å². The number of fused-ring (bicyclic) bond motifs is 28. The molecule has 7 heterocycles. The van der Waals surface area contributed by atoms with Crippen LogP contribution in [0.3, 0.4) is 0 Å². The predicted octanol–water partition coefficient (Wildman–Crippen LogP) is 32.1. The first-order valence-electron chi connectivity index (χ1n) is 46.5. The summed E-state index contributed by atoms with van der Waals surface area (Å²) >= 11 is 0. The summed E-state index contributed by atoms with van der Waals surface area (Å²) in [6.07, 6.45) is 0. The maximum atomic E-state index is 6.38. The van der Waals surface area contributed by atoms with Crippen LogP contribution >= 0.6 is 0 Å². The normalized spacial score (nSPS) is 14.0. The Bertz CT molecular complexity index is 9720. The molecule has 0 fully saturated rings. The summed E-state index contributed by atoms with van der Waals surface area (Å²) in [6, 6.07) is 151. The van der Waals surface area contributed by atoms with Crippen molar-refractivity contribution in [1.82, 2.24) is 37.4 Å². The molecule has 0 radical (unpaired) electrons. The molecular weight excluding hydrogens is 1610 g/mol.